The van der Waals surface area contributed by atoms with Crippen molar-refractivity contribution in [2.24, 2.45) is 0 Å². The summed E-state index contributed by atoms with van der Waals surface area (Å²) < 4.78 is 8.04. The molecule has 1 aromatic carbocycles. The lowest BCUT2D eigenvalue weighted by molar-refractivity contribution is -0.128. The van der Waals surface area contributed by atoms with Crippen LogP contribution in [0.1, 0.15) is 35.0 Å². The van der Waals surface area contributed by atoms with Crippen LogP contribution in [0.3, 0.4) is 0 Å². The van der Waals surface area contributed by atoms with E-state index in [2.05, 4.69) is 11.5 Å². The molecule has 2 heterocycles. The summed E-state index contributed by atoms with van der Waals surface area (Å²) in [6.45, 7) is 5.75. The van der Waals surface area contributed by atoms with Crippen molar-refractivity contribution in [3.63, 3.8) is 0 Å². The number of amides is 1. The zero-order valence-corrected chi connectivity index (χ0v) is 16.8. The smallest absolute Gasteiger partial charge is 0.240 e. The molecule has 1 amide bonds. The van der Waals surface area contributed by atoms with Crippen LogP contribution in [0.15, 0.2) is 35.5 Å². The van der Waals surface area contributed by atoms with Gasteiger partial charge >= 0.3 is 0 Å². The Morgan fingerprint density at radius 1 is 1.35 bits per heavy atom. The molecule has 0 saturated carbocycles. The predicted molar refractivity (Wildman–Crippen MR) is 104 cm³/mol. The van der Waals surface area contributed by atoms with Crippen molar-refractivity contribution >= 4 is 17.7 Å². The molecular formula is C20H27N3O2S. The lowest BCUT2D eigenvalue weighted by atomic mass is 10.1. The van der Waals surface area contributed by atoms with E-state index in [1.807, 2.05) is 37.3 Å². The number of nitrogens with zero attached hydrogens (tertiary/aromatic N) is 3. The average molecular weight is 374 g/mol. The Bertz CT molecular complexity index is 752. The standard InChI is InChI=1S/C20H27N3O2S/c1-14-15(2)23(13-17-11-8-12-25-17)20(21-14)26-18(19(24)22(3)4)16-9-6-5-7-10-16/h5-7,9-10,17-18H,8,11-13H2,1-4H3. The molecular weight excluding hydrogens is 346 g/mol. The second kappa shape index (κ2) is 8.27. The topological polar surface area (TPSA) is 47.4 Å². The minimum atomic E-state index is -0.310. The molecule has 1 aliphatic rings. The van der Waals surface area contributed by atoms with Crippen LogP contribution in [0.25, 0.3) is 0 Å². The van der Waals surface area contributed by atoms with Gasteiger partial charge in [0.25, 0.3) is 0 Å². The van der Waals surface area contributed by atoms with Gasteiger partial charge in [0.15, 0.2) is 5.16 Å². The lowest BCUT2D eigenvalue weighted by Crippen LogP contribution is -2.27. The summed E-state index contributed by atoms with van der Waals surface area (Å²) in [6, 6.07) is 9.93. The van der Waals surface area contributed by atoms with Gasteiger partial charge in [-0.2, -0.15) is 0 Å². The van der Waals surface area contributed by atoms with Crippen molar-refractivity contribution in [3.05, 3.63) is 47.3 Å². The highest BCUT2D eigenvalue weighted by molar-refractivity contribution is 8.00. The summed E-state index contributed by atoms with van der Waals surface area (Å²) in [5.74, 6) is 0.0724. The molecule has 0 bridgehead atoms. The first kappa shape index (κ1) is 19.0. The van der Waals surface area contributed by atoms with Gasteiger partial charge in [-0.15, -0.1) is 0 Å². The Kier molecular flexibility index (Phi) is 6.04. The van der Waals surface area contributed by atoms with Crippen molar-refractivity contribution in [1.29, 1.82) is 0 Å². The Balaban J connectivity index is 1.91. The van der Waals surface area contributed by atoms with Crippen LogP contribution in [0.5, 0.6) is 0 Å². The zero-order chi connectivity index (χ0) is 18.7. The molecule has 0 N–H and O–H groups in total. The molecule has 1 aromatic heterocycles. The summed E-state index contributed by atoms with van der Waals surface area (Å²) in [7, 11) is 3.60. The van der Waals surface area contributed by atoms with Gasteiger partial charge in [0.1, 0.15) is 5.25 Å². The third kappa shape index (κ3) is 4.13. The minimum absolute atomic E-state index is 0.0724. The van der Waals surface area contributed by atoms with Gasteiger partial charge in [-0.05, 0) is 32.3 Å². The molecule has 1 fully saturated rings. The van der Waals surface area contributed by atoms with Crippen LogP contribution in [-0.2, 0) is 16.1 Å². The summed E-state index contributed by atoms with van der Waals surface area (Å²) in [5, 5.41) is 0.579. The number of likely N-dealkylation sites (N-methyl/N-ethyl adjacent to an activating group) is 1. The van der Waals surface area contributed by atoms with Gasteiger partial charge in [-0.25, -0.2) is 4.98 Å². The van der Waals surface area contributed by atoms with Crippen LogP contribution in [-0.4, -0.2) is 47.2 Å². The number of hydrogen-bond acceptors (Lipinski definition) is 4. The van der Waals surface area contributed by atoms with Crippen molar-refractivity contribution in [2.75, 3.05) is 20.7 Å². The molecule has 2 atom stereocenters. The minimum Gasteiger partial charge on any atom is -0.376 e. The first-order valence-corrected chi connectivity index (χ1v) is 9.93. The number of aryl methyl sites for hydroxylation is 1. The summed E-state index contributed by atoms with van der Waals surface area (Å²) in [4.78, 5) is 19.2. The van der Waals surface area contributed by atoms with Crippen molar-refractivity contribution in [1.82, 2.24) is 14.5 Å². The quantitative estimate of drug-likeness (QED) is 0.726. The largest absolute Gasteiger partial charge is 0.376 e. The van der Waals surface area contributed by atoms with Gasteiger partial charge in [-0.3, -0.25) is 4.79 Å². The third-order valence-electron chi connectivity index (χ3n) is 4.82. The highest BCUT2D eigenvalue weighted by Gasteiger charge is 2.27. The number of imidazole rings is 1. The van der Waals surface area contributed by atoms with Gasteiger partial charge < -0.3 is 14.2 Å². The van der Waals surface area contributed by atoms with Crippen LogP contribution >= 0.6 is 11.8 Å². The number of ether oxygens (including phenoxy) is 1. The van der Waals surface area contributed by atoms with Gasteiger partial charge in [-0.1, -0.05) is 42.1 Å². The number of benzene rings is 1. The van der Waals surface area contributed by atoms with E-state index >= 15 is 0 Å². The Hall–Kier alpha value is -1.79. The molecule has 1 saturated heterocycles. The number of carbonyl (C=O) groups excluding carboxylic acids is 1. The van der Waals surface area contributed by atoms with Crippen molar-refractivity contribution in [2.45, 2.75) is 49.7 Å². The fraction of sp³-hybridized carbons (Fsp3) is 0.500. The number of aromatic nitrogens is 2. The van der Waals surface area contributed by atoms with Gasteiger partial charge in [0.05, 0.1) is 18.3 Å². The maximum absolute atomic E-state index is 12.8. The Morgan fingerprint density at radius 2 is 2.08 bits per heavy atom. The van der Waals surface area contributed by atoms with E-state index < -0.39 is 0 Å². The molecule has 140 valence electrons. The molecule has 5 nitrogen and oxygen atoms in total. The van der Waals surface area contributed by atoms with Crippen LogP contribution < -0.4 is 0 Å². The van der Waals surface area contributed by atoms with E-state index in [0.29, 0.717) is 0 Å². The summed E-state index contributed by atoms with van der Waals surface area (Å²) in [5.41, 5.74) is 3.15. The molecule has 6 heteroatoms. The van der Waals surface area contributed by atoms with Gasteiger partial charge in [0, 0.05) is 26.4 Å². The van der Waals surface area contributed by atoms with E-state index in [4.69, 9.17) is 9.72 Å². The van der Waals surface area contributed by atoms with E-state index in [-0.39, 0.29) is 17.3 Å². The van der Waals surface area contributed by atoms with Gasteiger partial charge in [0.2, 0.25) is 5.91 Å². The molecule has 1 aliphatic heterocycles. The average Bonchev–Trinajstić information content (AvgIpc) is 3.24. The van der Waals surface area contributed by atoms with Crippen molar-refractivity contribution in [3.8, 4) is 0 Å². The predicted octanol–water partition coefficient (Wildman–Crippen LogP) is 3.60. The SMILES string of the molecule is Cc1nc(SC(C(=O)N(C)C)c2ccccc2)n(CC2CCCO2)c1C. The Labute approximate surface area is 159 Å². The zero-order valence-electron chi connectivity index (χ0n) is 15.9. The molecule has 0 spiro atoms. The molecule has 2 aromatic rings. The molecule has 3 rings (SSSR count). The van der Waals surface area contributed by atoms with Crippen LogP contribution in [0.2, 0.25) is 0 Å². The number of rotatable bonds is 6. The van der Waals surface area contributed by atoms with E-state index in [1.165, 1.54) is 11.8 Å². The van der Waals surface area contributed by atoms with E-state index in [1.54, 1.807) is 19.0 Å². The second-order valence-electron chi connectivity index (χ2n) is 6.95. The van der Waals surface area contributed by atoms with Crippen LogP contribution in [0.4, 0.5) is 0 Å². The summed E-state index contributed by atoms with van der Waals surface area (Å²) in [6.07, 6.45) is 2.44. The van der Waals surface area contributed by atoms with E-state index in [9.17, 15) is 4.79 Å². The van der Waals surface area contributed by atoms with E-state index in [0.717, 1.165) is 48.1 Å². The van der Waals surface area contributed by atoms with Crippen LogP contribution in [0, 0.1) is 13.8 Å². The fourth-order valence-electron chi connectivity index (χ4n) is 3.15. The number of hydrogen-bond donors (Lipinski definition) is 0. The molecule has 26 heavy (non-hydrogen) atoms. The van der Waals surface area contributed by atoms with Crippen molar-refractivity contribution < 1.29 is 9.53 Å². The first-order chi connectivity index (χ1) is 12.5. The monoisotopic (exact) mass is 373 g/mol. The summed E-state index contributed by atoms with van der Waals surface area (Å²) >= 11 is 1.53. The molecule has 0 radical (unpaired) electrons. The number of carbonyl (C=O) groups is 1. The highest BCUT2D eigenvalue weighted by Crippen LogP contribution is 2.37. The normalized spacial score (nSPS) is 18.1. The molecule has 0 aliphatic carbocycles. The maximum Gasteiger partial charge on any atom is 0.240 e. The number of thioether (sulfide) groups is 1. The lowest BCUT2D eigenvalue weighted by Gasteiger charge is -2.21. The first-order valence-electron chi connectivity index (χ1n) is 9.05. The highest BCUT2D eigenvalue weighted by atomic mass is 32.2. The third-order valence-corrected chi connectivity index (χ3v) is 6.06. The Morgan fingerprint density at radius 3 is 2.69 bits per heavy atom. The fourth-order valence-corrected chi connectivity index (χ4v) is 4.49. The second-order valence-corrected chi connectivity index (χ2v) is 8.02. The molecule has 2 unspecified atom stereocenters. The maximum atomic E-state index is 12.8.